The predicted molar refractivity (Wildman–Crippen MR) is 53.1 cm³/mol. The van der Waals surface area contributed by atoms with Gasteiger partial charge in [0.25, 0.3) is 11.7 Å². The standard InChI is InChI=1S/C10H8N2O4/c13-9-8(12(15)16)7(11-10(9)14)6-4-2-1-3-5-6/h1-5,7-8H,(H,11,14). The highest BCUT2D eigenvalue weighted by Gasteiger charge is 2.50. The first kappa shape index (κ1) is 10.3. The fraction of sp³-hybridized carbons (Fsp3) is 0.200. The number of nitro groups is 1. The van der Waals surface area contributed by atoms with E-state index in [1.54, 1.807) is 30.3 Å². The molecule has 2 rings (SSSR count). The minimum atomic E-state index is -1.52. The average Bonchev–Trinajstić information content (AvgIpc) is 2.57. The number of nitrogens with zero attached hydrogens (tertiary/aromatic N) is 1. The fourth-order valence-corrected chi connectivity index (χ4v) is 1.72. The first-order valence-corrected chi connectivity index (χ1v) is 4.64. The number of carbonyl (C=O) groups excluding carboxylic acids is 2. The van der Waals surface area contributed by atoms with Gasteiger partial charge in [-0.05, 0) is 5.56 Å². The Kier molecular flexibility index (Phi) is 2.40. The van der Waals surface area contributed by atoms with Crippen molar-refractivity contribution in [2.75, 3.05) is 0 Å². The molecule has 1 saturated heterocycles. The molecule has 1 N–H and O–H groups in total. The molecule has 6 heteroatoms. The van der Waals surface area contributed by atoms with Crippen LogP contribution in [-0.2, 0) is 9.59 Å². The van der Waals surface area contributed by atoms with E-state index in [0.717, 1.165) is 0 Å². The van der Waals surface area contributed by atoms with Gasteiger partial charge in [0.2, 0.25) is 0 Å². The van der Waals surface area contributed by atoms with Gasteiger partial charge in [0.05, 0.1) is 0 Å². The second kappa shape index (κ2) is 3.73. The van der Waals surface area contributed by atoms with Gasteiger partial charge in [0.1, 0.15) is 6.04 Å². The molecule has 1 aromatic rings. The maximum atomic E-state index is 11.3. The maximum Gasteiger partial charge on any atom is 0.303 e. The smallest absolute Gasteiger partial charge is 0.303 e. The molecule has 0 bridgehead atoms. The van der Waals surface area contributed by atoms with Gasteiger partial charge >= 0.3 is 6.04 Å². The molecule has 1 fully saturated rings. The van der Waals surface area contributed by atoms with Crippen LogP contribution in [0.5, 0.6) is 0 Å². The molecule has 1 heterocycles. The SMILES string of the molecule is O=C1NC(c2ccccc2)C([N+](=O)[O-])C1=O. The summed E-state index contributed by atoms with van der Waals surface area (Å²) in [6.07, 6.45) is 0. The molecule has 1 aromatic carbocycles. The summed E-state index contributed by atoms with van der Waals surface area (Å²) in [6, 6.07) is 6.04. The Bertz CT molecular complexity index is 457. The molecule has 2 unspecified atom stereocenters. The Morgan fingerprint density at radius 1 is 1.19 bits per heavy atom. The molecule has 0 spiro atoms. The van der Waals surface area contributed by atoms with Crippen molar-refractivity contribution in [3.05, 3.63) is 46.0 Å². The van der Waals surface area contributed by atoms with Crippen LogP contribution in [0, 0.1) is 10.1 Å². The second-order valence-corrected chi connectivity index (χ2v) is 3.46. The van der Waals surface area contributed by atoms with Crippen molar-refractivity contribution in [2.45, 2.75) is 12.1 Å². The van der Waals surface area contributed by atoms with Gasteiger partial charge < -0.3 is 5.32 Å². The number of amides is 1. The number of carbonyl (C=O) groups is 2. The van der Waals surface area contributed by atoms with Crippen molar-refractivity contribution in [1.29, 1.82) is 0 Å². The van der Waals surface area contributed by atoms with Crippen LogP contribution < -0.4 is 5.32 Å². The van der Waals surface area contributed by atoms with Gasteiger partial charge in [-0.25, -0.2) is 0 Å². The minimum Gasteiger partial charge on any atom is -0.335 e. The molecular weight excluding hydrogens is 212 g/mol. The molecular formula is C10H8N2O4. The van der Waals surface area contributed by atoms with Crippen LogP contribution in [0.1, 0.15) is 11.6 Å². The first-order chi connectivity index (χ1) is 7.61. The molecule has 6 nitrogen and oxygen atoms in total. The number of benzene rings is 1. The normalized spacial score (nSPS) is 24.2. The van der Waals surface area contributed by atoms with E-state index in [4.69, 9.17) is 0 Å². The summed E-state index contributed by atoms with van der Waals surface area (Å²) in [4.78, 5) is 32.4. The molecule has 82 valence electrons. The fourth-order valence-electron chi connectivity index (χ4n) is 1.72. The van der Waals surface area contributed by atoms with E-state index >= 15 is 0 Å². The summed E-state index contributed by atoms with van der Waals surface area (Å²) in [5.74, 6) is -1.88. The van der Waals surface area contributed by atoms with Crippen LogP contribution in [0.15, 0.2) is 30.3 Å². The highest BCUT2D eigenvalue weighted by Crippen LogP contribution is 2.24. The third-order valence-corrected chi connectivity index (χ3v) is 2.48. The van der Waals surface area contributed by atoms with E-state index in [9.17, 15) is 19.7 Å². The zero-order valence-corrected chi connectivity index (χ0v) is 8.12. The quantitative estimate of drug-likeness (QED) is 0.434. The summed E-state index contributed by atoms with van der Waals surface area (Å²) < 4.78 is 0. The Labute approximate surface area is 90.4 Å². The highest BCUT2D eigenvalue weighted by atomic mass is 16.6. The van der Waals surface area contributed by atoms with Gasteiger partial charge in [-0.15, -0.1) is 0 Å². The Morgan fingerprint density at radius 2 is 1.81 bits per heavy atom. The lowest BCUT2D eigenvalue weighted by atomic mass is 10.0. The molecule has 16 heavy (non-hydrogen) atoms. The van der Waals surface area contributed by atoms with Crippen LogP contribution in [0.25, 0.3) is 0 Å². The topological polar surface area (TPSA) is 89.3 Å². The van der Waals surface area contributed by atoms with Crippen molar-refractivity contribution in [3.63, 3.8) is 0 Å². The van der Waals surface area contributed by atoms with Crippen LogP contribution >= 0.6 is 0 Å². The molecule has 0 saturated carbocycles. The zero-order chi connectivity index (χ0) is 11.7. The molecule has 1 aliphatic heterocycles. The number of hydrogen-bond donors (Lipinski definition) is 1. The van der Waals surface area contributed by atoms with Gasteiger partial charge in [-0.1, -0.05) is 30.3 Å². The van der Waals surface area contributed by atoms with Crippen LogP contribution in [0.3, 0.4) is 0 Å². The van der Waals surface area contributed by atoms with Crippen molar-refractivity contribution < 1.29 is 14.5 Å². The van der Waals surface area contributed by atoms with E-state index in [2.05, 4.69) is 5.32 Å². The summed E-state index contributed by atoms with van der Waals surface area (Å²) in [5.41, 5.74) is 0.559. The molecule has 0 aromatic heterocycles. The first-order valence-electron chi connectivity index (χ1n) is 4.64. The summed E-state index contributed by atoms with van der Waals surface area (Å²) >= 11 is 0. The summed E-state index contributed by atoms with van der Waals surface area (Å²) in [7, 11) is 0. The Hall–Kier alpha value is -2.24. The molecule has 1 aliphatic rings. The predicted octanol–water partition coefficient (Wildman–Crippen LogP) is 0.0719. The van der Waals surface area contributed by atoms with Crippen molar-refractivity contribution in [3.8, 4) is 0 Å². The highest BCUT2D eigenvalue weighted by molar-refractivity contribution is 6.40. The van der Waals surface area contributed by atoms with Gasteiger partial charge in [0, 0.05) is 4.92 Å². The summed E-state index contributed by atoms with van der Waals surface area (Å²) in [5, 5.41) is 13.1. The zero-order valence-electron chi connectivity index (χ0n) is 8.12. The van der Waals surface area contributed by atoms with Crippen molar-refractivity contribution in [2.24, 2.45) is 0 Å². The van der Waals surface area contributed by atoms with Gasteiger partial charge in [-0.3, -0.25) is 19.7 Å². The lowest BCUT2D eigenvalue weighted by Gasteiger charge is -2.11. The van der Waals surface area contributed by atoms with E-state index in [1.807, 2.05) is 0 Å². The summed E-state index contributed by atoms with van der Waals surface area (Å²) in [6.45, 7) is 0. The average molecular weight is 220 g/mol. The second-order valence-electron chi connectivity index (χ2n) is 3.46. The Balaban J connectivity index is 2.38. The van der Waals surface area contributed by atoms with Gasteiger partial charge in [-0.2, -0.15) is 0 Å². The minimum absolute atomic E-state index is 0.559. The molecule has 1 amide bonds. The molecule has 0 aliphatic carbocycles. The number of hydrogen-bond acceptors (Lipinski definition) is 4. The Morgan fingerprint density at radius 3 is 2.38 bits per heavy atom. The number of rotatable bonds is 2. The van der Waals surface area contributed by atoms with Gasteiger partial charge in [0.15, 0.2) is 0 Å². The third-order valence-electron chi connectivity index (χ3n) is 2.48. The lowest BCUT2D eigenvalue weighted by Crippen LogP contribution is -2.31. The molecule has 2 atom stereocenters. The van der Waals surface area contributed by atoms with E-state index in [-0.39, 0.29) is 0 Å². The van der Waals surface area contributed by atoms with Crippen LogP contribution in [0.4, 0.5) is 0 Å². The van der Waals surface area contributed by atoms with E-state index < -0.39 is 28.7 Å². The number of nitrogens with one attached hydrogen (secondary N) is 1. The third kappa shape index (κ3) is 1.54. The number of Topliss-reactive ketones (excluding diaryl/α,β-unsaturated/α-hetero) is 1. The van der Waals surface area contributed by atoms with Crippen LogP contribution in [-0.4, -0.2) is 22.7 Å². The van der Waals surface area contributed by atoms with Crippen molar-refractivity contribution in [1.82, 2.24) is 5.32 Å². The lowest BCUT2D eigenvalue weighted by molar-refractivity contribution is -0.509. The molecule has 0 radical (unpaired) electrons. The van der Waals surface area contributed by atoms with E-state index in [0.29, 0.717) is 5.56 Å². The van der Waals surface area contributed by atoms with Crippen molar-refractivity contribution >= 4 is 11.7 Å². The van der Waals surface area contributed by atoms with Crippen LogP contribution in [0.2, 0.25) is 0 Å². The number of ketones is 1. The van der Waals surface area contributed by atoms with E-state index in [1.165, 1.54) is 0 Å². The maximum absolute atomic E-state index is 11.3. The monoisotopic (exact) mass is 220 g/mol. The largest absolute Gasteiger partial charge is 0.335 e.